The zero-order chi connectivity index (χ0) is 14.0. The van der Waals surface area contributed by atoms with Gasteiger partial charge in [-0.1, -0.05) is 29.3 Å². The molecule has 0 unspecified atom stereocenters. The molecule has 0 N–H and O–H groups in total. The molecule has 8 heteroatoms. The quantitative estimate of drug-likeness (QED) is 0.493. The summed E-state index contributed by atoms with van der Waals surface area (Å²) in [6, 6.07) is 4.71. The van der Waals surface area contributed by atoms with E-state index in [9.17, 15) is 10.1 Å². The summed E-state index contributed by atoms with van der Waals surface area (Å²) >= 11 is 11.6. The average Bonchev–Trinajstić information content (AvgIpc) is 2.38. The van der Waals surface area contributed by atoms with Crippen LogP contribution in [0, 0.1) is 10.1 Å². The third-order valence-corrected chi connectivity index (χ3v) is 2.97. The number of halogens is 2. The molecule has 2 aromatic rings. The molecule has 0 atom stereocenters. The van der Waals surface area contributed by atoms with Crippen LogP contribution in [0.15, 0.2) is 24.5 Å². The maximum atomic E-state index is 11.0. The largest absolute Gasteiger partial charge is 0.495 e. The highest BCUT2D eigenvalue weighted by Crippen LogP contribution is 2.35. The Bertz CT molecular complexity index is 649. The van der Waals surface area contributed by atoms with E-state index in [0.29, 0.717) is 16.3 Å². The Hall–Kier alpha value is -1.92. The molecular formula is C11H7Cl2N3O3. The number of methoxy groups -OCH3 is 1. The molecule has 0 saturated heterocycles. The zero-order valence-electron chi connectivity index (χ0n) is 9.63. The summed E-state index contributed by atoms with van der Waals surface area (Å²) in [5.74, 6) is 0.392. The fourth-order valence-electron chi connectivity index (χ4n) is 1.54. The van der Waals surface area contributed by atoms with E-state index >= 15 is 0 Å². The molecule has 0 aliphatic rings. The van der Waals surface area contributed by atoms with E-state index in [4.69, 9.17) is 27.9 Å². The molecule has 98 valence electrons. The van der Waals surface area contributed by atoms with Gasteiger partial charge in [-0.2, -0.15) is 0 Å². The molecule has 0 fully saturated rings. The van der Waals surface area contributed by atoms with Crippen LogP contribution in [0.25, 0.3) is 11.3 Å². The van der Waals surface area contributed by atoms with E-state index in [1.54, 1.807) is 18.2 Å². The van der Waals surface area contributed by atoms with Gasteiger partial charge in [0, 0.05) is 5.56 Å². The highest BCUT2D eigenvalue weighted by Gasteiger charge is 2.23. The predicted molar refractivity (Wildman–Crippen MR) is 70.7 cm³/mol. The maximum absolute atomic E-state index is 11.0. The standard InChI is InChI=1S/C11H7Cl2N3O3/c1-19-8-4-6(2-3-7(8)12)9-10(16(17)18)11(13)15-5-14-9/h2-5H,1H3. The summed E-state index contributed by atoms with van der Waals surface area (Å²) in [6.07, 6.45) is 1.16. The molecule has 6 nitrogen and oxygen atoms in total. The smallest absolute Gasteiger partial charge is 0.332 e. The van der Waals surface area contributed by atoms with E-state index < -0.39 is 4.92 Å². The molecule has 1 heterocycles. The van der Waals surface area contributed by atoms with Gasteiger partial charge in [-0.3, -0.25) is 10.1 Å². The highest BCUT2D eigenvalue weighted by atomic mass is 35.5. The Kier molecular flexibility index (Phi) is 3.82. The molecule has 0 spiro atoms. The molecule has 0 aliphatic heterocycles. The van der Waals surface area contributed by atoms with Gasteiger partial charge in [0.05, 0.1) is 17.1 Å². The van der Waals surface area contributed by atoms with E-state index in [1.807, 2.05) is 0 Å². The Morgan fingerprint density at radius 3 is 2.68 bits per heavy atom. The van der Waals surface area contributed by atoms with Crippen molar-refractivity contribution < 1.29 is 9.66 Å². The van der Waals surface area contributed by atoms with Crippen molar-refractivity contribution in [2.45, 2.75) is 0 Å². The SMILES string of the molecule is COc1cc(-c2ncnc(Cl)c2[N+](=O)[O-])ccc1Cl. The molecule has 2 rings (SSSR count). The lowest BCUT2D eigenvalue weighted by Crippen LogP contribution is -1.98. The Morgan fingerprint density at radius 1 is 1.32 bits per heavy atom. The first-order valence-corrected chi connectivity index (χ1v) is 5.79. The van der Waals surface area contributed by atoms with Gasteiger partial charge < -0.3 is 4.74 Å². The fourth-order valence-corrected chi connectivity index (χ4v) is 1.93. The van der Waals surface area contributed by atoms with E-state index in [0.717, 1.165) is 6.33 Å². The maximum Gasteiger partial charge on any atom is 0.332 e. The number of ether oxygens (including phenoxy) is 1. The normalized spacial score (nSPS) is 10.3. The summed E-state index contributed by atoms with van der Waals surface area (Å²) in [7, 11) is 1.45. The zero-order valence-corrected chi connectivity index (χ0v) is 11.1. The number of rotatable bonds is 3. The number of nitro groups is 1. The van der Waals surface area contributed by atoms with Crippen molar-refractivity contribution in [2.75, 3.05) is 7.11 Å². The first kappa shape index (κ1) is 13.5. The second-order valence-corrected chi connectivity index (χ2v) is 4.23. The minimum atomic E-state index is -0.626. The van der Waals surface area contributed by atoms with Crippen molar-refractivity contribution in [1.29, 1.82) is 0 Å². The summed E-state index contributed by atoms with van der Waals surface area (Å²) in [6.45, 7) is 0. The summed E-state index contributed by atoms with van der Waals surface area (Å²) in [5, 5.41) is 11.2. The van der Waals surface area contributed by atoms with Gasteiger partial charge in [-0.15, -0.1) is 0 Å². The Balaban J connectivity index is 2.65. The molecular weight excluding hydrogens is 293 g/mol. The molecule has 1 aromatic carbocycles. The van der Waals surface area contributed by atoms with Gasteiger partial charge >= 0.3 is 5.69 Å². The van der Waals surface area contributed by atoms with Crippen molar-refractivity contribution in [3.05, 3.63) is 44.8 Å². The molecule has 0 amide bonds. The fraction of sp³-hybridized carbons (Fsp3) is 0.0909. The summed E-state index contributed by atoms with van der Waals surface area (Å²) < 4.78 is 5.06. The van der Waals surface area contributed by atoms with Gasteiger partial charge in [0.2, 0.25) is 5.15 Å². The van der Waals surface area contributed by atoms with Gasteiger partial charge in [0.15, 0.2) is 5.69 Å². The van der Waals surface area contributed by atoms with Crippen LogP contribution < -0.4 is 4.74 Å². The number of hydrogen-bond donors (Lipinski definition) is 0. The Labute approximate surface area is 118 Å². The van der Waals surface area contributed by atoms with Crippen LogP contribution in [0.1, 0.15) is 0 Å². The first-order valence-electron chi connectivity index (χ1n) is 5.03. The lowest BCUT2D eigenvalue weighted by atomic mass is 10.1. The lowest BCUT2D eigenvalue weighted by Gasteiger charge is -2.06. The predicted octanol–water partition coefficient (Wildman–Crippen LogP) is 3.37. The van der Waals surface area contributed by atoms with Crippen LogP contribution in [-0.4, -0.2) is 22.0 Å². The number of aromatic nitrogens is 2. The first-order chi connectivity index (χ1) is 9.04. The van der Waals surface area contributed by atoms with Gasteiger partial charge in [0.25, 0.3) is 0 Å². The number of benzene rings is 1. The number of nitrogens with zero attached hydrogens (tertiary/aromatic N) is 3. The Morgan fingerprint density at radius 2 is 2.05 bits per heavy atom. The number of hydrogen-bond acceptors (Lipinski definition) is 5. The van der Waals surface area contributed by atoms with Crippen molar-refractivity contribution in [2.24, 2.45) is 0 Å². The molecule has 0 saturated carbocycles. The monoisotopic (exact) mass is 299 g/mol. The average molecular weight is 300 g/mol. The summed E-state index contributed by atoms with van der Waals surface area (Å²) in [5.41, 5.74) is 0.228. The molecule has 1 aromatic heterocycles. The topological polar surface area (TPSA) is 78.2 Å². The van der Waals surface area contributed by atoms with Crippen molar-refractivity contribution in [1.82, 2.24) is 9.97 Å². The molecule has 0 aliphatic carbocycles. The highest BCUT2D eigenvalue weighted by molar-refractivity contribution is 6.32. The van der Waals surface area contributed by atoms with Crippen LogP contribution >= 0.6 is 23.2 Å². The van der Waals surface area contributed by atoms with Gasteiger partial charge in [0.1, 0.15) is 12.1 Å². The molecule has 19 heavy (non-hydrogen) atoms. The van der Waals surface area contributed by atoms with Crippen molar-refractivity contribution >= 4 is 28.9 Å². The second-order valence-electron chi connectivity index (χ2n) is 3.47. The van der Waals surface area contributed by atoms with Crippen LogP contribution in [0.5, 0.6) is 5.75 Å². The van der Waals surface area contributed by atoms with Crippen molar-refractivity contribution in [3.63, 3.8) is 0 Å². The van der Waals surface area contributed by atoms with Crippen molar-refractivity contribution in [3.8, 4) is 17.0 Å². The van der Waals surface area contributed by atoms with Gasteiger partial charge in [-0.05, 0) is 12.1 Å². The molecule has 0 bridgehead atoms. The van der Waals surface area contributed by atoms with E-state index in [2.05, 4.69) is 9.97 Å². The lowest BCUT2D eigenvalue weighted by molar-refractivity contribution is -0.384. The minimum Gasteiger partial charge on any atom is -0.495 e. The van der Waals surface area contributed by atoms with Crippen LogP contribution in [0.2, 0.25) is 10.2 Å². The van der Waals surface area contributed by atoms with Gasteiger partial charge in [-0.25, -0.2) is 9.97 Å². The third-order valence-electron chi connectivity index (χ3n) is 2.38. The van der Waals surface area contributed by atoms with E-state index in [-0.39, 0.29) is 16.5 Å². The minimum absolute atomic E-state index is 0.111. The van der Waals surface area contributed by atoms with Crippen LogP contribution in [0.3, 0.4) is 0 Å². The summed E-state index contributed by atoms with van der Waals surface area (Å²) in [4.78, 5) is 17.9. The van der Waals surface area contributed by atoms with E-state index in [1.165, 1.54) is 7.11 Å². The second kappa shape index (κ2) is 5.38. The third kappa shape index (κ3) is 2.59. The van der Waals surface area contributed by atoms with Crippen LogP contribution in [0.4, 0.5) is 5.69 Å². The molecule has 0 radical (unpaired) electrons. The van der Waals surface area contributed by atoms with Crippen LogP contribution in [-0.2, 0) is 0 Å².